The lowest BCUT2D eigenvalue weighted by Gasteiger charge is -2.00. The minimum Gasteiger partial charge on any atom is -0.480 e. The highest BCUT2D eigenvalue weighted by Crippen LogP contribution is 2.21. The van der Waals surface area contributed by atoms with Gasteiger partial charge < -0.3 is 9.47 Å². The summed E-state index contributed by atoms with van der Waals surface area (Å²) >= 11 is 5.87. The first-order chi connectivity index (χ1) is 8.17. The van der Waals surface area contributed by atoms with Gasteiger partial charge in [0.1, 0.15) is 11.4 Å². The van der Waals surface area contributed by atoms with E-state index in [2.05, 4.69) is 16.8 Å². The lowest BCUT2D eigenvalue weighted by Crippen LogP contribution is -2.01. The number of halogens is 1. The summed E-state index contributed by atoms with van der Waals surface area (Å²) < 4.78 is 9.65. The van der Waals surface area contributed by atoms with Crippen LogP contribution in [0.4, 0.5) is 0 Å². The SMILES string of the molecule is CCOC(=O)CC#Cc1cnc(OC)c(Cl)c1. The second-order valence-corrected chi connectivity index (χ2v) is 3.41. The fourth-order valence-corrected chi connectivity index (χ4v) is 1.32. The first kappa shape index (κ1) is 13.3. The van der Waals surface area contributed by atoms with Crippen molar-refractivity contribution in [3.63, 3.8) is 0 Å². The molecule has 0 N–H and O–H groups in total. The summed E-state index contributed by atoms with van der Waals surface area (Å²) in [4.78, 5) is 15.0. The average molecular weight is 254 g/mol. The lowest BCUT2D eigenvalue weighted by atomic mass is 10.3. The second kappa shape index (κ2) is 6.77. The second-order valence-electron chi connectivity index (χ2n) is 3.00. The van der Waals surface area contributed by atoms with Gasteiger partial charge in [0, 0.05) is 11.8 Å². The molecule has 17 heavy (non-hydrogen) atoms. The highest BCUT2D eigenvalue weighted by Gasteiger charge is 2.01. The topological polar surface area (TPSA) is 48.4 Å². The standard InChI is InChI=1S/C12H12ClNO3/c1-3-17-11(15)6-4-5-9-7-10(13)12(16-2)14-8-9/h7-8H,3,6H2,1-2H3. The van der Waals surface area contributed by atoms with Gasteiger partial charge in [-0.1, -0.05) is 23.4 Å². The van der Waals surface area contributed by atoms with E-state index in [4.69, 9.17) is 21.1 Å². The third kappa shape index (κ3) is 4.33. The molecule has 1 heterocycles. The van der Waals surface area contributed by atoms with Crippen LogP contribution in [0.1, 0.15) is 18.9 Å². The number of esters is 1. The van der Waals surface area contributed by atoms with E-state index in [1.54, 1.807) is 13.0 Å². The van der Waals surface area contributed by atoms with Crippen LogP contribution < -0.4 is 4.74 Å². The maximum atomic E-state index is 11.0. The molecule has 0 saturated carbocycles. The molecule has 0 aliphatic rings. The van der Waals surface area contributed by atoms with Crippen LogP contribution in [0.25, 0.3) is 0 Å². The van der Waals surface area contributed by atoms with Gasteiger partial charge in [0.15, 0.2) is 0 Å². The van der Waals surface area contributed by atoms with Gasteiger partial charge in [-0.2, -0.15) is 0 Å². The molecule has 1 rings (SSSR count). The van der Waals surface area contributed by atoms with Crippen LogP contribution in [0.3, 0.4) is 0 Å². The summed E-state index contributed by atoms with van der Waals surface area (Å²) in [5, 5.41) is 0.385. The number of carbonyl (C=O) groups excluding carboxylic acids is 1. The number of methoxy groups -OCH3 is 1. The smallest absolute Gasteiger partial charge is 0.317 e. The molecule has 0 amide bonds. The van der Waals surface area contributed by atoms with Crippen molar-refractivity contribution in [2.24, 2.45) is 0 Å². The van der Waals surface area contributed by atoms with Crippen molar-refractivity contribution in [2.75, 3.05) is 13.7 Å². The van der Waals surface area contributed by atoms with Gasteiger partial charge in [-0.3, -0.25) is 4.79 Å². The van der Waals surface area contributed by atoms with Gasteiger partial charge in [-0.25, -0.2) is 4.98 Å². The van der Waals surface area contributed by atoms with Crippen LogP contribution in [0, 0.1) is 11.8 Å². The van der Waals surface area contributed by atoms with E-state index < -0.39 is 0 Å². The van der Waals surface area contributed by atoms with Gasteiger partial charge in [0.25, 0.3) is 0 Å². The molecule has 0 radical (unpaired) electrons. The van der Waals surface area contributed by atoms with Crippen molar-refractivity contribution in [3.8, 4) is 17.7 Å². The number of nitrogens with zero attached hydrogens (tertiary/aromatic N) is 1. The van der Waals surface area contributed by atoms with Crippen molar-refractivity contribution in [1.29, 1.82) is 0 Å². The fourth-order valence-electron chi connectivity index (χ4n) is 1.07. The predicted octanol–water partition coefficient (Wildman–Crippen LogP) is 2.05. The van der Waals surface area contributed by atoms with Gasteiger partial charge in [0.05, 0.1) is 13.7 Å². The maximum absolute atomic E-state index is 11.0. The summed E-state index contributed by atoms with van der Waals surface area (Å²) in [5.41, 5.74) is 0.625. The summed E-state index contributed by atoms with van der Waals surface area (Å²) in [5.74, 6) is 5.47. The first-order valence-electron chi connectivity index (χ1n) is 5.01. The molecule has 0 atom stereocenters. The van der Waals surface area contributed by atoms with Crippen LogP contribution in [0.5, 0.6) is 5.88 Å². The summed E-state index contributed by atoms with van der Waals surface area (Å²) in [6.45, 7) is 2.11. The predicted molar refractivity (Wildman–Crippen MR) is 63.9 cm³/mol. The van der Waals surface area contributed by atoms with Crippen LogP contribution >= 0.6 is 11.6 Å². The quantitative estimate of drug-likeness (QED) is 0.611. The Balaban J connectivity index is 2.66. The normalized spacial score (nSPS) is 9.12. The van der Waals surface area contributed by atoms with Crippen LogP contribution in [-0.2, 0) is 9.53 Å². The Morgan fingerprint density at radius 1 is 1.59 bits per heavy atom. The maximum Gasteiger partial charge on any atom is 0.317 e. The molecule has 4 nitrogen and oxygen atoms in total. The molecular formula is C12H12ClNO3. The molecule has 0 spiro atoms. The number of hydrogen-bond donors (Lipinski definition) is 0. The Labute approximate surface area is 105 Å². The minimum atomic E-state index is -0.340. The molecule has 0 unspecified atom stereocenters. The summed E-state index contributed by atoms with van der Waals surface area (Å²) in [6, 6.07) is 1.63. The summed E-state index contributed by atoms with van der Waals surface area (Å²) in [6.07, 6.45) is 1.58. The zero-order valence-corrected chi connectivity index (χ0v) is 10.4. The Bertz CT molecular complexity index is 463. The van der Waals surface area contributed by atoms with Gasteiger partial charge in [0.2, 0.25) is 5.88 Å². The Morgan fingerprint density at radius 3 is 2.94 bits per heavy atom. The number of hydrogen-bond acceptors (Lipinski definition) is 4. The van der Waals surface area contributed by atoms with Gasteiger partial charge in [-0.15, -0.1) is 0 Å². The molecule has 0 aliphatic heterocycles. The number of pyridine rings is 1. The lowest BCUT2D eigenvalue weighted by molar-refractivity contribution is -0.141. The van der Waals surface area contributed by atoms with Gasteiger partial charge in [-0.05, 0) is 13.0 Å². The van der Waals surface area contributed by atoms with E-state index in [1.807, 2.05) is 0 Å². The molecule has 0 fully saturated rings. The van der Waals surface area contributed by atoms with Crippen molar-refractivity contribution in [2.45, 2.75) is 13.3 Å². The number of aromatic nitrogens is 1. The number of carbonyl (C=O) groups is 1. The monoisotopic (exact) mass is 253 g/mol. The Kier molecular flexibility index (Phi) is 5.31. The van der Waals surface area contributed by atoms with Crippen molar-refractivity contribution < 1.29 is 14.3 Å². The molecule has 0 saturated heterocycles. The Morgan fingerprint density at radius 2 is 2.35 bits per heavy atom. The third-order valence-electron chi connectivity index (χ3n) is 1.77. The van der Waals surface area contributed by atoms with E-state index in [9.17, 15) is 4.79 Å². The Hall–Kier alpha value is -1.73. The highest BCUT2D eigenvalue weighted by atomic mass is 35.5. The molecule has 0 aliphatic carbocycles. The molecule has 1 aromatic rings. The average Bonchev–Trinajstić information content (AvgIpc) is 2.29. The highest BCUT2D eigenvalue weighted by molar-refractivity contribution is 6.31. The van der Waals surface area contributed by atoms with Gasteiger partial charge >= 0.3 is 5.97 Å². The van der Waals surface area contributed by atoms with Crippen molar-refractivity contribution >= 4 is 17.6 Å². The van der Waals surface area contributed by atoms with E-state index in [-0.39, 0.29) is 12.4 Å². The first-order valence-corrected chi connectivity index (χ1v) is 5.39. The van der Waals surface area contributed by atoms with Crippen LogP contribution in [0.15, 0.2) is 12.3 Å². The van der Waals surface area contributed by atoms with Crippen LogP contribution in [-0.4, -0.2) is 24.7 Å². The zero-order valence-electron chi connectivity index (χ0n) is 9.62. The molecule has 0 aromatic carbocycles. The molecule has 90 valence electrons. The molecular weight excluding hydrogens is 242 g/mol. The van der Waals surface area contributed by atoms with E-state index in [0.717, 1.165) is 0 Å². The van der Waals surface area contributed by atoms with E-state index in [0.29, 0.717) is 23.1 Å². The van der Waals surface area contributed by atoms with E-state index in [1.165, 1.54) is 13.3 Å². The molecule has 1 aromatic heterocycles. The fraction of sp³-hybridized carbons (Fsp3) is 0.333. The zero-order chi connectivity index (χ0) is 12.7. The summed E-state index contributed by atoms with van der Waals surface area (Å²) in [7, 11) is 1.49. The number of rotatable bonds is 3. The molecule has 0 bridgehead atoms. The minimum absolute atomic E-state index is 0.0531. The van der Waals surface area contributed by atoms with Crippen LogP contribution in [0.2, 0.25) is 5.02 Å². The third-order valence-corrected chi connectivity index (χ3v) is 2.04. The molecule has 5 heteroatoms. The van der Waals surface area contributed by atoms with Crippen molar-refractivity contribution in [3.05, 3.63) is 22.8 Å². The van der Waals surface area contributed by atoms with Crippen molar-refractivity contribution in [1.82, 2.24) is 4.98 Å². The number of ether oxygens (including phenoxy) is 2. The van der Waals surface area contributed by atoms with E-state index >= 15 is 0 Å². The largest absolute Gasteiger partial charge is 0.480 e.